The Balaban J connectivity index is 2.45. The van der Waals surface area contributed by atoms with Crippen molar-refractivity contribution in [3.8, 4) is 0 Å². The zero-order chi connectivity index (χ0) is 11.3. The van der Waals surface area contributed by atoms with E-state index in [9.17, 15) is 4.79 Å². The standard InChI is InChI=1S/C12H22O3/c1-12(2,3)11(14-9-13)15-10-7-5-4-6-8-10/h9-11H,4-8H2,1-3H3. The third kappa shape index (κ3) is 4.20. The molecule has 1 atom stereocenters. The van der Waals surface area contributed by atoms with Gasteiger partial charge in [-0.2, -0.15) is 0 Å². The van der Waals surface area contributed by atoms with Crippen LogP contribution in [0.5, 0.6) is 0 Å². The summed E-state index contributed by atoms with van der Waals surface area (Å²) < 4.78 is 10.8. The highest BCUT2D eigenvalue weighted by molar-refractivity contribution is 5.37. The van der Waals surface area contributed by atoms with Crippen molar-refractivity contribution in [2.24, 2.45) is 5.41 Å². The van der Waals surface area contributed by atoms with Gasteiger partial charge in [-0.3, -0.25) is 4.79 Å². The number of hydrogen-bond acceptors (Lipinski definition) is 3. The summed E-state index contributed by atoms with van der Waals surface area (Å²) in [5.41, 5.74) is -0.154. The Bertz CT molecular complexity index is 190. The van der Waals surface area contributed by atoms with Gasteiger partial charge in [0.25, 0.3) is 6.47 Å². The molecule has 3 heteroatoms. The van der Waals surface area contributed by atoms with E-state index in [1.165, 1.54) is 19.3 Å². The molecule has 15 heavy (non-hydrogen) atoms. The van der Waals surface area contributed by atoms with Crippen molar-refractivity contribution in [1.82, 2.24) is 0 Å². The maximum atomic E-state index is 10.4. The number of ether oxygens (including phenoxy) is 2. The first-order chi connectivity index (χ1) is 7.04. The summed E-state index contributed by atoms with van der Waals surface area (Å²) in [6.45, 7) is 6.54. The van der Waals surface area contributed by atoms with Crippen molar-refractivity contribution in [3.63, 3.8) is 0 Å². The van der Waals surface area contributed by atoms with Gasteiger partial charge in [-0.25, -0.2) is 0 Å². The second kappa shape index (κ2) is 5.50. The van der Waals surface area contributed by atoms with Crippen LogP contribution in [0.1, 0.15) is 52.9 Å². The minimum absolute atomic E-state index is 0.154. The molecule has 1 unspecified atom stereocenters. The highest BCUT2D eigenvalue weighted by Gasteiger charge is 2.30. The molecule has 0 aromatic carbocycles. The highest BCUT2D eigenvalue weighted by Crippen LogP contribution is 2.28. The normalized spacial score (nSPS) is 21.0. The van der Waals surface area contributed by atoms with Crippen LogP contribution in [0.2, 0.25) is 0 Å². The fraction of sp³-hybridized carbons (Fsp3) is 0.917. The second-order valence-electron chi connectivity index (χ2n) is 5.33. The lowest BCUT2D eigenvalue weighted by Crippen LogP contribution is -2.36. The van der Waals surface area contributed by atoms with Gasteiger partial charge in [-0.05, 0) is 12.8 Å². The molecule has 0 bridgehead atoms. The van der Waals surface area contributed by atoms with Gasteiger partial charge in [0.15, 0.2) is 0 Å². The van der Waals surface area contributed by atoms with Crippen LogP contribution in [0.25, 0.3) is 0 Å². The van der Waals surface area contributed by atoms with E-state index in [-0.39, 0.29) is 11.5 Å². The first-order valence-electron chi connectivity index (χ1n) is 5.78. The molecule has 3 nitrogen and oxygen atoms in total. The van der Waals surface area contributed by atoms with Crippen LogP contribution in [0.15, 0.2) is 0 Å². The summed E-state index contributed by atoms with van der Waals surface area (Å²) in [6.07, 6.45) is 5.78. The van der Waals surface area contributed by atoms with E-state index >= 15 is 0 Å². The third-order valence-electron chi connectivity index (χ3n) is 2.75. The average molecular weight is 214 g/mol. The SMILES string of the molecule is CC(C)(C)C(OC=O)OC1CCCCC1. The van der Waals surface area contributed by atoms with Crippen molar-refractivity contribution in [1.29, 1.82) is 0 Å². The van der Waals surface area contributed by atoms with E-state index < -0.39 is 6.29 Å². The van der Waals surface area contributed by atoms with Gasteiger partial charge >= 0.3 is 0 Å². The molecular formula is C12H22O3. The quantitative estimate of drug-likeness (QED) is 0.533. The molecule has 0 aliphatic heterocycles. The van der Waals surface area contributed by atoms with Crippen molar-refractivity contribution < 1.29 is 14.3 Å². The molecular weight excluding hydrogens is 192 g/mol. The van der Waals surface area contributed by atoms with Crippen LogP contribution in [0, 0.1) is 5.41 Å². The summed E-state index contributed by atoms with van der Waals surface area (Å²) in [5.74, 6) is 0. The van der Waals surface area contributed by atoms with Gasteiger partial charge in [-0.15, -0.1) is 0 Å². The number of hydrogen-bond donors (Lipinski definition) is 0. The highest BCUT2D eigenvalue weighted by atomic mass is 16.7. The summed E-state index contributed by atoms with van der Waals surface area (Å²) >= 11 is 0. The summed E-state index contributed by atoms with van der Waals surface area (Å²) in [4.78, 5) is 10.4. The molecule has 0 aromatic rings. The van der Waals surface area contributed by atoms with E-state index in [4.69, 9.17) is 9.47 Å². The topological polar surface area (TPSA) is 35.5 Å². The first-order valence-corrected chi connectivity index (χ1v) is 5.78. The summed E-state index contributed by atoms with van der Waals surface area (Å²) in [5, 5.41) is 0. The first kappa shape index (κ1) is 12.5. The lowest BCUT2D eigenvalue weighted by Gasteiger charge is -2.33. The van der Waals surface area contributed by atoms with Gasteiger partial charge < -0.3 is 9.47 Å². The lowest BCUT2D eigenvalue weighted by molar-refractivity contribution is -0.211. The smallest absolute Gasteiger partial charge is 0.295 e. The Labute approximate surface area is 92.1 Å². The van der Waals surface area contributed by atoms with E-state index in [0.29, 0.717) is 6.47 Å². The number of carbonyl (C=O) groups is 1. The minimum atomic E-state index is -0.418. The van der Waals surface area contributed by atoms with Crippen molar-refractivity contribution in [3.05, 3.63) is 0 Å². The number of rotatable bonds is 4. The van der Waals surface area contributed by atoms with Crippen LogP contribution < -0.4 is 0 Å². The van der Waals surface area contributed by atoms with Gasteiger partial charge in [0, 0.05) is 5.41 Å². The molecule has 0 heterocycles. The van der Waals surface area contributed by atoms with Crippen molar-refractivity contribution in [2.75, 3.05) is 0 Å². The van der Waals surface area contributed by atoms with Crippen LogP contribution in [-0.4, -0.2) is 18.9 Å². The molecule has 0 N–H and O–H groups in total. The lowest BCUT2D eigenvalue weighted by atomic mass is 9.94. The van der Waals surface area contributed by atoms with Crippen LogP contribution >= 0.6 is 0 Å². The Morgan fingerprint density at radius 1 is 1.20 bits per heavy atom. The van der Waals surface area contributed by atoms with Gasteiger partial charge in [0.2, 0.25) is 6.29 Å². The maximum Gasteiger partial charge on any atom is 0.295 e. The van der Waals surface area contributed by atoms with Crippen molar-refractivity contribution in [2.45, 2.75) is 65.3 Å². The van der Waals surface area contributed by atoms with E-state index in [1.807, 2.05) is 20.8 Å². The molecule has 1 aliphatic rings. The Kier molecular flexibility index (Phi) is 4.58. The largest absolute Gasteiger partial charge is 0.437 e. The third-order valence-corrected chi connectivity index (χ3v) is 2.75. The molecule has 1 fully saturated rings. The van der Waals surface area contributed by atoms with Gasteiger partial charge in [-0.1, -0.05) is 40.0 Å². The van der Waals surface area contributed by atoms with Gasteiger partial charge in [0.1, 0.15) is 0 Å². The van der Waals surface area contributed by atoms with E-state index in [2.05, 4.69) is 0 Å². The second-order valence-corrected chi connectivity index (χ2v) is 5.33. The zero-order valence-corrected chi connectivity index (χ0v) is 9.99. The Morgan fingerprint density at radius 3 is 2.27 bits per heavy atom. The van der Waals surface area contributed by atoms with Crippen LogP contribution in [-0.2, 0) is 14.3 Å². The fourth-order valence-corrected chi connectivity index (χ4v) is 1.87. The average Bonchev–Trinajstić information content (AvgIpc) is 2.17. The fourth-order valence-electron chi connectivity index (χ4n) is 1.87. The minimum Gasteiger partial charge on any atom is -0.437 e. The molecule has 0 aromatic heterocycles. The molecule has 0 amide bonds. The molecule has 88 valence electrons. The predicted molar refractivity (Wildman–Crippen MR) is 58.4 cm³/mol. The molecule has 1 saturated carbocycles. The molecule has 0 saturated heterocycles. The summed E-state index contributed by atoms with van der Waals surface area (Å²) in [6, 6.07) is 0. The molecule has 1 aliphatic carbocycles. The monoisotopic (exact) mass is 214 g/mol. The van der Waals surface area contributed by atoms with E-state index in [0.717, 1.165) is 12.8 Å². The number of carbonyl (C=O) groups excluding carboxylic acids is 1. The van der Waals surface area contributed by atoms with E-state index in [1.54, 1.807) is 0 Å². The van der Waals surface area contributed by atoms with Gasteiger partial charge in [0.05, 0.1) is 6.10 Å². The Morgan fingerprint density at radius 2 is 1.80 bits per heavy atom. The molecule has 0 radical (unpaired) electrons. The predicted octanol–water partition coefficient (Wildman–Crippen LogP) is 2.88. The zero-order valence-electron chi connectivity index (χ0n) is 9.99. The molecule has 0 spiro atoms. The van der Waals surface area contributed by atoms with Crippen LogP contribution in [0.3, 0.4) is 0 Å². The Hall–Kier alpha value is -0.570. The van der Waals surface area contributed by atoms with Crippen LogP contribution in [0.4, 0.5) is 0 Å². The molecule has 1 rings (SSSR count). The maximum absolute atomic E-state index is 10.4. The van der Waals surface area contributed by atoms with Crippen molar-refractivity contribution >= 4 is 6.47 Å². The summed E-state index contributed by atoms with van der Waals surface area (Å²) in [7, 11) is 0.